The lowest BCUT2D eigenvalue weighted by atomic mass is 10.1. The molecule has 0 fully saturated rings. The number of carbonyl (C=O) groups is 1. The van der Waals surface area contributed by atoms with Crippen molar-refractivity contribution in [3.8, 4) is 0 Å². The van der Waals surface area contributed by atoms with Crippen molar-refractivity contribution in [2.45, 2.75) is 12.3 Å². The zero-order chi connectivity index (χ0) is 13.2. The molecular formula is C13H18ClNO2S. The molecule has 18 heavy (non-hydrogen) atoms. The van der Waals surface area contributed by atoms with Gasteiger partial charge < -0.3 is 10.4 Å². The van der Waals surface area contributed by atoms with Gasteiger partial charge in [-0.05, 0) is 29.9 Å². The highest BCUT2D eigenvalue weighted by molar-refractivity contribution is 7.99. The van der Waals surface area contributed by atoms with Crippen LogP contribution in [0, 0.1) is 0 Å². The zero-order valence-corrected chi connectivity index (χ0v) is 11.8. The highest BCUT2D eigenvalue weighted by atomic mass is 35.5. The molecule has 1 aromatic rings. The number of hydrogen-bond donors (Lipinski definition) is 2. The van der Waals surface area contributed by atoms with Gasteiger partial charge in [0.15, 0.2) is 0 Å². The van der Waals surface area contributed by atoms with E-state index in [1.807, 2.05) is 12.1 Å². The summed E-state index contributed by atoms with van der Waals surface area (Å²) in [5, 5.41) is 11.5. The van der Waals surface area contributed by atoms with E-state index in [9.17, 15) is 4.79 Å². The number of halogens is 1. The molecular weight excluding hydrogens is 270 g/mol. The first-order valence-corrected chi connectivity index (χ1v) is 7.58. The number of nitrogens with one attached hydrogen (secondary N) is 1. The number of amides is 1. The molecule has 0 aromatic heterocycles. The second-order valence-electron chi connectivity index (χ2n) is 3.78. The first kappa shape index (κ1) is 15.3. The predicted octanol–water partition coefficient (Wildman–Crippen LogP) is 2.27. The fourth-order valence-corrected chi connectivity index (χ4v) is 2.35. The van der Waals surface area contributed by atoms with Crippen molar-refractivity contribution in [1.29, 1.82) is 0 Å². The maximum Gasteiger partial charge on any atom is 0.251 e. The SMILES string of the molecule is O=C(NCCSCCCO)c1cccc(CCl)c1. The Morgan fingerprint density at radius 2 is 2.22 bits per heavy atom. The third kappa shape index (κ3) is 5.76. The van der Waals surface area contributed by atoms with Crippen molar-refractivity contribution >= 4 is 29.3 Å². The molecule has 0 saturated heterocycles. The summed E-state index contributed by atoms with van der Waals surface area (Å²) in [6.45, 7) is 0.866. The molecule has 100 valence electrons. The van der Waals surface area contributed by atoms with Crippen molar-refractivity contribution in [3.05, 3.63) is 35.4 Å². The largest absolute Gasteiger partial charge is 0.396 e. The summed E-state index contributed by atoms with van der Waals surface area (Å²) in [6, 6.07) is 7.32. The third-order valence-corrected chi connectivity index (χ3v) is 3.70. The average Bonchev–Trinajstić information content (AvgIpc) is 2.42. The lowest BCUT2D eigenvalue weighted by Crippen LogP contribution is -2.25. The van der Waals surface area contributed by atoms with Gasteiger partial charge in [0, 0.05) is 30.3 Å². The number of carbonyl (C=O) groups excluding carboxylic acids is 1. The van der Waals surface area contributed by atoms with Crippen molar-refractivity contribution < 1.29 is 9.90 Å². The minimum absolute atomic E-state index is 0.0651. The first-order valence-electron chi connectivity index (χ1n) is 5.89. The summed E-state index contributed by atoms with van der Waals surface area (Å²) in [6.07, 6.45) is 0.802. The smallest absolute Gasteiger partial charge is 0.251 e. The Hall–Kier alpha value is -0.710. The van der Waals surface area contributed by atoms with Gasteiger partial charge in [-0.3, -0.25) is 4.79 Å². The Kier molecular flexibility index (Phi) is 7.89. The van der Waals surface area contributed by atoms with Crippen LogP contribution in [0.5, 0.6) is 0 Å². The number of rotatable bonds is 8. The number of aliphatic hydroxyl groups is 1. The molecule has 0 aliphatic carbocycles. The van der Waals surface area contributed by atoms with E-state index < -0.39 is 0 Å². The van der Waals surface area contributed by atoms with Gasteiger partial charge in [0.25, 0.3) is 5.91 Å². The van der Waals surface area contributed by atoms with Gasteiger partial charge in [0.05, 0.1) is 0 Å². The van der Waals surface area contributed by atoms with Crippen LogP contribution in [0.2, 0.25) is 0 Å². The highest BCUT2D eigenvalue weighted by Gasteiger charge is 2.04. The lowest BCUT2D eigenvalue weighted by Gasteiger charge is -2.06. The highest BCUT2D eigenvalue weighted by Crippen LogP contribution is 2.08. The Labute approximate surface area is 117 Å². The molecule has 5 heteroatoms. The standard InChI is InChI=1S/C13H18ClNO2S/c14-10-11-3-1-4-12(9-11)13(17)15-5-8-18-7-2-6-16/h1,3-4,9,16H,2,5-8,10H2,(H,15,17). The molecule has 0 radical (unpaired) electrons. The summed E-state index contributed by atoms with van der Waals surface area (Å²) < 4.78 is 0. The number of aliphatic hydroxyl groups excluding tert-OH is 1. The van der Waals surface area contributed by atoms with E-state index in [1.54, 1.807) is 23.9 Å². The maximum absolute atomic E-state index is 11.8. The van der Waals surface area contributed by atoms with Crippen molar-refractivity contribution in [2.75, 3.05) is 24.7 Å². The average molecular weight is 288 g/mol. The summed E-state index contributed by atoms with van der Waals surface area (Å²) in [5.41, 5.74) is 1.59. The summed E-state index contributed by atoms with van der Waals surface area (Å²) >= 11 is 7.45. The Balaban J connectivity index is 2.27. The third-order valence-electron chi connectivity index (χ3n) is 2.32. The number of benzene rings is 1. The van der Waals surface area contributed by atoms with Gasteiger partial charge >= 0.3 is 0 Å². The van der Waals surface area contributed by atoms with Crippen LogP contribution in [0.25, 0.3) is 0 Å². The molecule has 0 aliphatic rings. The molecule has 0 spiro atoms. The minimum atomic E-state index is -0.0651. The molecule has 1 aromatic carbocycles. The Morgan fingerprint density at radius 3 is 2.94 bits per heavy atom. The quantitative estimate of drug-likeness (QED) is 0.570. The van der Waals surface area contributed by atoms with E-state index in [2.05, 4.69) is 5.32 Å². The minimum Gasteiger partial charge on any atom is -0.396 e. The van der Waals surface area contributed by atoms with Crippen LogP contribution in [0.1, 0.15) is 22.3 Å². The second-order valence-corrected chi connectivity index (χ2v) is 5.27. The molecule has 3 nitrogen and oxygen atoms in total. The normalized spacial score (nSPS) is 10.3. The first-order chi connectivity index (χ1) is 8.77. The predicted molar refractivity (Wildman–Crippen MR) is 77.4 cm³/mol. The van der Waals surface area contributed by atoms with Crippen LogP contribution in [0.4, 0.5) is 0 Å². The molecule has 0 unspecified atom stereocenters. The molecule has 1 amide bonds. The van der Waals surface area contributed by atoms with E-state index in [-0.39, 0.29) is 12.5 Å². The fraction of sp³-hybridized carbons (Fsp3) is 0.462. The van der Waals surface area contributed by atoms with Crippen LogP contribution in [-0.2, 0) is 5.88 Å². The molecule has 0 atom stereocenters. The Bertz CT molecular complexity index is 374. The van der Waals surface area contributed by atoms with Gasteiger partial charge in [-0.1, -0.05) is 12.1 Å². The van der Waals surface area contributed by atoms with E-state index in [0.717, 1.165) is 23.5 Å². The molecule has 1 rings (SSSR count). The molecule has 0 heterocycles. The zero-order valence-electron chi connectivity index (χ0n) is 10.2. The summed E-state index contributed by atoms with van der Waals surface area (Å²) in [5.74, 6) is 2.14. The fourth-order valence-electron chi connectivity index (χ4n) is 1.40. The topological polar surface area (TPSA) is 49.3 Å². The Morgan fingerprint density at radius 1 is 1.39 bits per heavy atom. The number of hydrogen-bond acceptors (Lipinski definition) is 3. The van der Waals surface area contributed by atoms with Crippen LogP contribution in [0.15, 0.2) is 24.3 Å². The van der Waals surface area contributed by atoms with Gasteiger partial charge in [0.2, 0.25) is 0 Å². The van der Waals surface area contributed by atoms with Crippen LogP contribution >= 0.6 is 23.4 Å². The summed E-state index contributed by atoms with van der Waals surface area (Å²) in [7, 11) is 0. The van der Waals surface area contributed by atoms with Crippen molar-refractivity contribution in [3.63, 3.8) is 0 Å². The van der Waals surface area contributed by atoms with E-state index in [1.165, 1.54) is 0 Å². The second kappa shape index (κ2) is 9.25. The summed E-state index contributed by atoms with van der Waals surface area (Å²) in [4.78, 5) is 11.8. The van der Waals surface area contributed by atoms with E-state index in [4.69, 9.17) is 16.7 Å². The number of alkyl halides is 1. The van der Waals surface area contributed by atoms with E-state index >= 15 is 0 Å². The molecule has 0 saturated carbocycles. The van der Waals surface area contributed by atoms with Crippen molar-refractivity contribution in [1.82, 2.24) is 5.32 Å². The van der Waals surface area contributed by atoms with Crippen LogP contribution in [0.3, 0.4) is 0 Å². The van der Waals surface area contributed by atoms with Crippen molar-refractivity contribution in [2.24, 2.45) is 0 Å². The van der Waals surface area contributed by atoms with E-state index in [0.29, 0.717) is 18.0 Å². The van der Waals surface area contributed by atoms with Crippen LogP contribution in [-0.4, -0.2) is 35.7 Å². The van der Waals surface area contributed by atoms with Gasteiger partial charge in [-0.15, -0.1) is 11.6 Å². The van der Waals surface area contributed by atoms with Gasteiger partial charge in [-0.2, -0.15) is 11.8 Å². The maximum atomic E-state index is 11.8. The molecule has 2 N–H and O–H groups in total. The lowest BCUT2D eigenvalue weighted by molar-refractivity contribution is 0.0956. The monoisotopic (exact) mass is 287 g/mol. The van der Waals surface area contributed by atoms with Gasteiger partial charge in [0.1, 0.15) is 0 Å². The molecule has 0 aliphatic heterocycles. The van der Waals surface area contributed by atoms with Crippen LogP contribution < -0.4 is 5.32 Å². The number of thioether (sulfide) groups is 1. The van der Waals surface area contributed by atoms with Gasteiger partial charge in [-0.25, -0.2) is 0 Å². The molecule has 0 bridgehead atoms.